The SMILES string of the molecule is COc1ccc(OC)c([C@H]2C(=C(O)c3ccc(OC)c(OC)c3)C(=O)C(=O)N2C)c1. The molecular formula is C22H23NO7. The largest absolute Gasteiger partial charge is 0.507 e. The second-order valence-corrected chi connectivity index (χ2v) is 6.59. The Bertz CT molecular complexity index is 1030. The smallest absolute Gasteiger partial charge is 0.295 e. The maximum absolute atomic E-state index is 12.8. The number of methoxy groups -OCH3 is 4. The maximum atomic E-state index is 12.8. The number of rotatable bonds is 6. The van der Waals surface area contributed by atoms with Gasteiger partial charge in [-0.3, -0.25) is 9.59 Å². The number of benzene rings is 2. The van der Waals surface area contributed by atoms with Crippen LogP contribution in [-0.4, -0.2) is 57.2 Å². The molecule has 2 aromatic rings. The van der Waals surface area contributed by atoms with Gasteiger partial charge in [-0.1, -0.05) is 0 Å². The number of ether oxygens (including phenoxy) is 4. The lowest BCUT2D eigenvalue weighted by molar-refractivity contribution is -0.139. The first-order chi connectivity index (χ1) is 14.4. The highest BCUT2D eigenvalue weighted by Crippen LogP contribution is 2.43. The Labute approximate surface area is 174 Å². The third kappa shape index (κ3) is 3.41. The molecule has 1 atom stereocenters. The summed E-state index contributed by atoms with van der Waals surface area (Å²) in [5, 5.41) is 11.0. The lowest BCUT2D eigenvalue weighted by Gasteiger charge is -2.23. The molecule has 0 aromatic heterocycles. The quantitative estimate of drug-likeness (QED) is 0.442. The van der Waals surface area contributed by atoms with Gasteiger partial charge < -0.3 is 29.0 Å². The zero-order chi connectivity index (χ0) is 22.0. The summed E-state index contributed by atoms with van der Waals surface area (Å²) in [6, 6.07) is 8.93. The van der Waals surface area contributed by atoms with Gasteiger partial charge in [0.2, 0.25) is 0 Å². The van der Waals surface area contributed by atoms with E-state index in [4.69, 9.17) is 18.9 Å². The first-order valence-corrected chi connectivity index (χ1v) is 9.06. The summed E-state index contributed by atoms with van der Waals surface area (Å²) in [5.41, 5.74) is 0.771. The zero-order valence-electron chi connectivity index (χ0n) is 17.4. The van der Waals surface area contributed by atoms with Crippen molar-refractivity contribution in [2.45, 2.75) is 6.04 Å². The summed E-state index contributed by atoms with van der Waals surface area (Å²) >= 11 is 0. The van der Waals surface area contributed by atoms with E-state index in [0.29, 0.717) is 34.1 Å². The molecule has 1 N–H and O–H groups in total. The standard InChI is InChI=1S/C22H23NO7/c1-23-19(14-11-13(27-2)7-9-15(14)28-3)18(21(25)22(23)26)20(24)12-6-8-16(29-4)17(10-12)30-5/h6-11,19,24H,1-5H3/t19-/m0/s1. The third-order valence-electron chi connectivity index (χ3n) is 5.06. The lowest BCUT2D eigenvalue weighted by atomic mass is 9.94. The van der Waals surface area contributed by atoms with Crippen LogP contribution < -0.4 is 18.9 Å². The van der Waals surface area contributed by atoms with Crippen molar-refractivity contribution in [3.63, 3.8) is 0 Å². The van der Waals surface area contributed by atoms with Crippen molar-refractivity contribution in [3.05, 3.63) is 53.1 Å². The molecule has 1 saturated heterocycles. The summed E-state index contributed by atoms with van der Waals surface area (Å²) in [6.45, 7) is 0. The van der Waals surface area contributed by atoms with E-state index in [-0.39, 0.29) is 11.3 Å². The highest BCUT2D eigenvalue weighted by atomic mass is 16.5. The maximum Gasteiger partial charge on any atom is 0.295 e. The Morgan fingerprint density at radius 1 is 0.867 bits per heavy atom. The Kier molecular flexibility index (Phi) is 5.86. The second-order valence-electron chi connectivity index (χ2n) is 6.59. The number of hydrogen-bond acceptors (Lipinski definition) is 7. The molecule has 158 valence electrons. The van der Waals surface area contributed by atoms with Gasteiger partial charge in [-0.05, 0) is 36.4 Å². The van der Waals surface area contributed by atoms with Crippen molar-refractivity contribution < 1.29 is 33.6 Å². The van der Waals surface area contributed by atoms with E-state index in [1.54, 1.807) is 30.3 Å². The highest BCUT2D eigenvalue weighted by molar-refractivity contribution is 6.46. The molecule has 8 nitrogen and oxygen atoms in total. The van der Waals surface area contributed by atoms with Crippen molar-refractivity contribution in [3.8, 4) is 23.0 Å². The fraction of sp³-hybridized carbons (Fsp3) is 0.273. The van der Waals surface area contributed by atoms with Crippen molar-refractivity contribution in [1.29, 1.82) is 0 Å². The molecular weight excluding hydrogens is 390 g/mol. The molecule has 30 heavy (non-hydrogen) atoms. The molecule has 1 amide bonds. The third-order valence-corrected chi connectivity index (χ3v) is 5.06. The molecule has 1 aliphatic heterocycles. The van der Waals surface area contributed by atoms with Gasteiger partial charge in [0.15, 0.2) is 11.5 Å². The average molecular weight is 413 g/mol. The van der Waals surface area contributed by atoms with Crippen LogP contribution in [0.4, 0.5) is 0 Å². The first kappa shape index (κ1) is 21.0. The minimum Gasteiger partial charge on any atom is -0.507 e. The van der Waals surface area contributed by atoms with Crippen LogP contribution in [0, 0.1) is 0 Å². The number of Topliss-reactive ketones (excluding diaryl/α,β-unsaturated/α-hetero) is 1. The monoisotopic (exact) mass is 413 g/mol. The Morgan fingerprint density at radius 3 is 2.10 bits per heavy atom. The number of carbonyl (C=O) groups is 2. The van der Waals surface area contributed by atoms with E-state index < -0.39 is 17.7 Å². The number of carbonyl (C=O) groups excluding carboxylic acids is 2. The average Bonchev–Trinajstić information content (AvgIpc) is 3.01. The van der Waals surface area contributed by atoms with E-state index in [1.807, 2.05) is 0 Å². The summed E-state index contributed by atoms with van der Waals surface area (Å²) in [7, 11) is 7.46. The van der Waals surface area contributed by atoms with Crippen LogP contribution in [0.2, 0.25) is 0 Å². The molecule has 0 saturated carbocycles. The number of ketones is 1. The van der Waals surface area contributed by atoms with E-state index in [0.717, 1.165) is 0 Å². The van der Waals surface area contributed by atoms with Gasteiger partial charge in [0.25, 0.3) is 11.7 Å². The zero-order valence-corrected chi connectivity index (χ0v) is 17.4. The number of aliphatic hydroxyl groups is 1. The molecule has 0 unspecified atom stereocenters. The Morgan fingerprint density at radius 2 is 1.50 bits per heavy atom. The van der Waals surface area contributed by atoms with Crippen LogP contribution in [0.5, 0.6) is 23.0 Å². The van der Waals surface area contributed by atoms with Crippen LogP contribution >= 0.6 is 0 Å². The van der Waals surface area contributed by atoms with Gasteiger partial charge >= 0.3 is 0 Å². The van der Waals surface area contributed by atoms with Crippen molar-refractivity contribution >= 4 is 17.4 Å². The fourth-order valence-corrected chi connectivity index (χ4v) is 3.50. The number of hydrogen-bond donors (Lipinski definition) is 1. The van der Waals surface area contributed by atoms with Crippen LogP contribution in [0.3, 0.4) is 0 Å². The van der Waals surface area contributed by atoms with Crippen molar-refractivity contribution in [1.82, 2.24) is 4.90 Å². The lowest BCUT2D eigenvalue weighted by Crippen LogP contribution is -2.25. The normalized spacial score (nSPS) is 17.8. The van der Waals surface area contributed by atoms with E-state index in [1.165, 1.54) is 46.5 Å². The summed E-state index contributed by atoms with van der Waals surface area (Å²) < 4.78 is 21.2. The van der Waals surface area contributed by atoms with E-state index in [2.05, 4.69) is 0 Å². The van der Waals surface area contributed by atoms with Gasteiger partial charge in [-0.15, -0.1) is 0 Å². The van der Waals surface area contributed by atoms with Gasteiger partial charge in [-0.25, -0.2) is 0 Å². The predicted molar refractivity (Wildman–Crippen MR) is 109 cm³/mol. The van der Waals surface area contributed by atoms with Gasteiger partial charge in [0, 0.05) is 18.2 Å². The highest BCUT2D eigenvalue weighted by Gasteiger charge is 2.45. The Balaban J connectivity index is 2.23. The second kappa shape index (κ2) is 8.36. The molecule has 1 aliphatic rings. The van der Waals surface area contributed by atoms with Crippen LogP contribution in [-0.2, 0) is 9.59 Å². The summed E-state index contributed by atoms with van der Waals surface area (Å²) in [6.07, 6.45) is 0. The Hall–Kier alpha value is -3.68. The van der Waals surface area contributed by atoms with E-state index >= 15 is 0 Å². The van der Waals surface area contributed by atoms with Crippen LogP contribution in [0.15, 0.2) is 42.0 Å². The topological polar surface area (TPSA) is 94.5 Å². The number of aliphatic hydroxyl groups excluding tert-OH is 1. The number of amides is 1. The minimum atomic E-state index is -0.858. The molecule has 1 heterocycles. The fourth-order valence-electron chi connectivity index (χ4n) is 3.50. The molecule has 0 aliphatic carbocycles. The molecule has 0 spiro atoms. The van der Waals surface area contributed by atoms with Crippen LogP contribution in [0.25, 0.3) is 5.76 Å². The minimum absolute atomic E-state index is 0.0544. The number of nitrogens with zero attached hydrogens (tertiary/aromatic N) is 1. The molecule has 1 fully saturated rings. The van der Waals surface area contributed by atoms with Gasteiger partial charge in [0.1, 0.15) is 17.3 Å². The molecule has 0 bridgehead atoms. The molecule has 2 aromatic carbocycles. The molecule has 3 rings (SSSR count). The van der Waals surface area contributed by atoms with Crippen LogP contribution in [0.1, 0.15) is 17.2 Å². The molecule has 8 heteroatoms. The van der Waals surface area contributed by atoms with Crippen molar-refractivity contribution in [2.24, 2.45) is 0 Å². The predicted octanol–water partition coefficient (Wildman–Crippen LogP) is 2.77. The summed E-state index contributed by atoms with van der Waals surface area (Å²) in [5.74, 6) is -0.0254. The first-order valence-electron chi connectivity index (χ1n) is 9.06. The van der Waals surface area contributed by atoms with E-state index in [9.17, 15) is 14.7 Å². The summed E-state index contributed by atoms with van der Waals surface area (Å²) in [4.78, 5) is 26.6. The van der Waals surface area contributed by atoms with Gasteiger partial charge in [-0.2, -0.15) is 0 Å². The number of likely N-dealkylation sites (tertiary alicyclic amines) is 1. The number of likely N-dealkylation sites (N-methyl/N-ethyl adjacent to an activating group) is 1. The van der Waals surface area contributed by atoms with Gasteiger partial charge in [0.05, 0.1) is 40.1 Å². The molecule has 0 radical (unpaired) electrons. The van der Waals surface area contributed by atoms with Crippen molar-refractivity contribution in [2.75, 3.05) is 35.5 Å².